The summed E-state index contributed by atoms with van der Waals surface area (Å²) in [6.45, 7) is 9.15. The summed E-state index contributed by atoms with van der Waals surface area (Å²) in [4.78, 5) is 22.7. The molecule has 136 valence electrons. The van der Waals surface area contributed by atoms with Gasteiger partial charge in [0.1, 0.15) is 6.33 Å². The van der Waals surface area contributed by atoms with Crippen molar-refractivity contribution in [2.45, 2.75) is 58.2 Å². The van der Waals surface area contributed by atoms with Gasteiger partial charge in [0.2, 0.25) is 0 Å². The van der Waals surface area contributed by atoms with Gasteiger partial charge in [-0.05, 0) is 47.1 Å². The van der Waals surface area contributed by atoms with Gasteiger partial charge < -0.3 is 10.2 Å². The second-order valence-corrected chi connectivity index (χ2v) is 8.39. The van der Waals surface area contributed by atoms with E-state index in [-0.39, 0.29) is 11.3 Å². The molecule has 1 aromatic heterocycles. The Bertz CT molecular complexity index is 820. The Hall–Kier alpha value is -2.27. The molecule has 1 N–H and O–H groups in total. The maximum Gasteiger partial charge on any atom is 0.257 e. The molecule has 4 rings (SSSR count). The minimum atomic E-state index is 0.00411. The van der Waals surface area contributed by atoms with E-state index >= 15 is 0 Å². The van der Waals surface area contributed by atoms with Crippen molar-refractivity contribution in [3.8, 4) is 0 Å². The summed E-state index contributed by atoms with van der Waals surface area (Å²) in [5.74, 6) is 0.00411. The minimum absolute atomic E-state index is 0.00411. The van der Waals surface area contributed by atoms with E-state index in [1.807, 2.05) is 4.90 Å². The molecule has 0 saturated carbocycles. The molecule has 3 heterocycles. The molecular weight excluding hydrogens is 324 g/mol. The van der Waals surface area contributed by atoms with Gasteiger partial charge in [0.15, 0.2) is 0 Å². The van der Waals surface area contributed by atoms with E-state index in [1.54, 1.807) is 12.4 Å². The number of amides is 1. The lowest BCUT2D eigenvalue weighted by atomic mass is 9.82. The molecule has 2 aliphatic rings. The van der Waals surface area contributed by atoms with Gasteiger partial charge in [-0.15, -0.1) is 0 Å². The number of carbonyl (C=O) groups is 1. The highest BCUT2D eigenvalue weighted by Gasteiger charge is 2.31. The van der Waals surface area contributed by atoms with Crippen molar-refractivity contribution in [2.24, 2.45) is 0 Å². The van der Waals surface area contributed by atoms with Gasteiger partial charge in [0.25, 0.3) is 5.91 Å². The molecule has 1 aromatic carbocycles. The summed E-state index contributed by atoms with van der Waals surface area (Å²) in [6.07, 6.45) is 7.02. The van der Waals surface area contributed by atoms with Gasteiger partial charge in [-0.2, -0.15) is 0 Å². The zero-order valence-corrected chi connectivity index (χ0v) is 15.7. The van der Waals surface area contributed by atoms with E-state index in [9.17, 15) is 4.79 Å². The fourth-order valence-corrected chi connectivity index (χ4v) is 3.97. The predicted octanol–water partition coefficient (Wildman–Crippen LogP) is 3.35. The molecule has 5 nitrogen and oxygen atoms in total. The molecule has 0 unspecified atom stereocenters. The molecule has 0 bridgehead atoms. The number of aromatic nitrogens is 2. The highest BCUT2D eigenvalue weighted by molar-refractivity contribution is 5.94. The average Bonchev–Trinajstić information content (AvgIpc) is 3.29. The van der Waals surface area contributed by atoms with E-state index in [4.69, 9.17) is 0 Å². The number of nitrogens with one attached hydrogen (secondary N) is 1. The molecular formula is C21H26N4O. The van der Waals surface area contributed by atoms with Crippen molar-refractivity contribution in [1.29, 1.82) is 0 Å². The van der Waals surface area contributed by atoms with Crippen LogP contribution >= 0.6 is 0 Å². The summed E-state index contributed by atoms with van der Waals surface area (Å²) in [7, 11) is 0. The topological polar surface area (TPSA) is 58.1 Å². The number of fused-ring (bicyclic) bond motifs is 1. The summed E-state index contributed by atoms with van der Waals surface area (Å²) >= 11 is 0. The van der Waals surface area contributed by atoms with Crippen LogP contribution in [-0.2, 0) is 18.5 Å². The number of nitrogens with zero attached hydrogens (tertiary/aromatic N) is 3. The fraction of sp³-hybridized carbons (Fsp3) is 0.476. The first-order valence-electron chi connectivity index (χ1n) is 9.37. The van der Waals surface area contributed by atoms with Crippen LogP contribution in [0, 0.1) is 0 Å². The van der Waals surface area contributed by atoms with Crippen LogP contribution in [0.15, 0.2) is 30.9 Å². The number of hydrogen-bond donors (Lipinski definition) is 1. The molecule has 5 heteroatoms. The molecule has 1 fully saturated rings. The molecule has 0 aliphatic carbocycles. The van der Waals surface area contributed by atoms with Crippen molar-refractivity contribution in [3.63, 3.8) is 0 Å². The number of benzene rings is 1. The van der Waals surface area contributed by atoms with Gasteiger partial charge >= 0.3 is 0 Å². The number of hydrogen-bond acceptors (Lipinski definition) is 4. The van der Waals surface area contributed by atoms with Crippen LogP contribution < -0.4 is 5.32 Å². The molecule has 0 spiro atoms. The lowest BCUT2D eigenvalue weighted by Gasteiger charge is -2.24. The third-order valence-electron chi connectivity index (χ3n) is 5.48. The Kier molecular flexibility index (Phi) is 4.27. The maximum atomic E-state index is 12.9. The van der Waals surface area contributed by atoms with E-state index in [0.29, 0.717) is 24.7 Å². The molecule has 1 atom stereocenters. The SMILES string of the molecule is CC(C)(C)c1cc2c(c([C@@H]3CCCN3)c1)CN(C(=O)c1cncnc1)C2. The quantitative estimate of drug-likeness (QED) is 0.902. The van der Waals surface area contributed by atoms with Crippen molar-refractivity contribution in [1.82, 2.24) is 20.2 Å². The largest absolute Gasteiger partial charge is 0.330 e. The smallest absolute Gasteiger partial charge is 0.257 e. The summed E-state index contributed by atoms with van der Waals surface area (Å²) in [6, 6.07) is 5.06. The third kappa shape index (κ3) is 3.12. The van der Waals surface area contributed by atoms with Crippen LogP contribution in [0.1, 0.15) is 72.3 Å². The van der Waals surface area contributed by atoms with Crippen molar-refractivity contribution >= 4 is 5.91 Å². The number of rotatable bonds is 2. The molecule has 2 aromatic rings. The molecule has 1 saturated heterocycles. The van der Waals surface area contributed by atoms with Gasteiger partial charge in [0.05, 0.1) is 5.56 Å². The minimum Gasteiger partial charge on any atom is -0.330 e. The van der Waals surface area contributed by atoms with Gasteiger partial charge in [-0.3, -0.25) is 4.79 Å². The summed E-state index contributed by atoms with van der Waals surface area (Å²) < 4.78 is 0. The highest BCUT2D eigenvalue weighted by atomic mass is 16.2. The van der Waals surface area contributed by atoms with Crippen LogP contribution in [-0.4, -0.2) is 27.3 Å². The molecule has 2 aliphatic heterocycles. The van der Waals surface area contributed by atoms with Crippen LogP contribution in [0.4, 0.5) is 0 Å². The highest BCUT2D eigenvalue weighted by Crippen LogP contribution is 2.37. The Labute approximate surface area is 154 Å². The van der Waals surface area contributed by atoms with Crippen molar-refractivity contribution < 1.29 is 4.79 Å². The second kappa shape index (κ2) is 6.47. The van der Waals surface area contributed by atoms with Crippen LogP contribution in [0.2, 0.25) is 0 Å². The maximum absolute atomic E-state index is 12.9. The second-order valence-electron chi connectivity index (χ2n) is 8.39. The zero-order valence-electron chi connectivity index (χ0n) is 15.7. The Morgan fingerprint density at radius 1 is 1.19 bits per heavy atom. The van der Waals surface area contributed by atoms with E-state index < -0.39 is 0 Å². The molecule has 1 amide bonds. The Balaban J connectivity index is 1.70. The first-order chi connectivity index (χ1) is 12.4. The van der Waals surface area contributed by atoms with E-state index in [0.717, 1.165) is 6.54 Å². The van der Waals surface area contributed by atoms with E-state index in [1.165, 1.54) is 41.4 Å². The summed E-state index contributed by atoms with van der Waals surface area (Å²) in [5, 5.41) is 3.63. The molecule has 0 radical (unpaired) electrons. The Morgan fingerprint density at radius 3 is 2.62 bits per heavy atom. The van der Waals surface area contributed by atoms with E-state index in [2.05, 4.69) is 48.2 Å². The summed E-state index contributed by atoms with van der Waals surface area (Å²) in [5.41, 5.74) is 5.97. The molecule has 26 heavy (non-hydrogen) atoms. The lowest BCUT2D eigenvalue weighted by Crippen LogP contribution is -2.25. The van der Waals surface area contributed by atoms with Crippen LogP contribution in [0.5, 0.6) is 0 Å². The normalized spacial score (nSPS) is 19.7. The first kappa shape index (κ1) is 17.2. The zero-order chi connectivity index (χ0) is 18.3. The Morgan fingerprint density at radius 2 is 1.96 bits per heavy atom. The van der Waals surface area contributed by atoms with Gasteiger partial charge in [-0.1, -0.05) is 32.9 Å². The van der Waals surface area contributed by atoms with Gasteiger partial charge in [0, 0.05) is 31.5 Å². The van der Waals surface area contributed by atoms with Crippen molar-refractivity contribution in [3.05, 3.63) is 58.7 Å². The number of carbonyl (C=O) groups excluding carboxylic acids is 1. The fourth-order valence-electron chi connectivity index (χ4n) is 3.97. The third-order valence-corrected chi connectivity index (χ3v) is 5.48. The monoisotopic (exact) mass is 350 g/mol. The standard InChI is InChI=1S/C21H26N4O/c1-21(2,3)16-7-14-11-25(20(26)15-9-22-13-23-10-15)12-18(14)17(8-16)19-5-4-6-24-19/h7-10,13,19,24H,4-6,11-12H2,1-3H3/t19-/m0/s1. The van der Waals surface area contributed by atoms with Crippen molar-refractivity contribution in [2.75, 3.05) is 6.54 Å². The predicted molar refractivity (Wildman–Crippen MR) is 101 cm³/mol. The van der Waals surface area contributed by atoms with Gasteiger partial charge in [-0.25, -0.2) is 9.97 Å². The van der Waals surface area contributed by atoms with Crippen LogP contribution in [0.3, 0.4) is 0 Å². The lowest BCUT2D eigenvalue weighted by molar-refractivity contribution is 0.0750. The average molecular weight is 350 g/mol. The van der Waals surface area contributed by atoms with Crippen LogP contribution in [0.25, 0.3) is 0 Å². The first-order valence-corrected chi connectivity index (χ1v) is 9.37.